The number of hydrogen-bond acceptors (Lipinski definition) is 3. The molecular formula is C6H11NO2. The minimum atomic E-state index is 0.0625. The Morgan fingerprint density at radius 3 is 3.33 bits per heavy atom. The lowest BCUT2D eigenvalue weighted by Gasteiger charge is -2.02. The van der Waals surface area contributed by atoms with Gasteiger partial charge in [0.2, 0.25) is 0 Å². The van der Waals surface area contributed by atoms with Crippen molar-refractivity contribution in [2.45, 2.75) is 0 Å². The van der Waals surface area contributed by atoms with Crippen LogP contribution in [0.4, 0.5) is 0 Å². The second-order valence-corrected chi connectivity index (χ2v) is 2.18. The number of carbonyl (C=O) groups is 1. The first-order valence-electron chi connectivity index (χ1n) is 3.17. The van der Waals surface area contributed by atoms with Crippen LogP contribution in [0.5, 0.6) is 0 Å². The predicted octanol–water partition coefficient (Wildman–Crippen LogP) is -0.579. The Labute approximate surface area is 54.4 Å². The molecule has 0 radical (unpaired) electrons. The first-order chi connectivity index (χ1) is 4.43. The Morgan fingerprint density at radius 2 is 2.56 bits per heavy atom. The van der Waals surface area contributed by atoms with E-state index in [9.17, 15) is 4.79 Å². The van der Waals surface area contributed by atoms with E-state index in [1.54, 1.807) is 0 Å². The zero-order valence-corrected chi connectivity index (χ0v) is 5.30. The van der Waals surface area contributed by atoms with Gasteiger partial charge in [-0.2, -0.15) is 0 Å². The van der Waals surface area contributed by atoms with Gasteiger partial charge in [0, 0.05) is 13.1 Å². The third-order valence-electron chi connectivity index (χ3n) is 1.35. The highest BCUT2D eigenvalue weighted by Crippen LogP contribution is 1.94. The lowest BCUT2D eigenvalue weighted by molar-refractivity contribution is -0.112. The molecular weight excluding hydrogens is 118 g/mol. The van der Waals surface area contributed by atoms with Gasteiger partial charge in [-0.15, -0.1) is 0 Å². The maximum atomic E-state index is 10.2. The summed E-state index contributed by atoms with van der Waals surface area (Å²) in [4.78, 5) is 10.2. The summed E-state index contributed by atoms with van der Waals surface area (Å²) in [5.74, 6) is 0.0625. The van der Waals surface area contributed by atoms with E-state index in [0.717, 1.165) is 26.0 Å². The fourth-order valence-corrected chi connectivity index (χ4v) is 0.813. The Balaban J connectivity index is 2.26. The van der Waals surface area contributed by atoms with E-state index >= 15 is 0 Å². The van der Waals surface area contributed by atoms with Crippen LogP contribution in [0.1, 0.15) is 0 Å². The number of carbonyl (C=O) groups excluding carboxylic acids is 1. The Bertz CT molecular complexity index is 87.1. The van der Waals surface area contributed by atoms with Gasteiger partial charge >= 0.3 is 0 Å². The SMILES string of the molecule is O=CC1CNCCOC1. The standard InChI is InChI=1S/C6H11NO2/c8-4-6-3-7-1-2-9-5-6/h4,6-7H,1-3,5H2. The van der Waals surface area contributed by atoms with Crippen LogP contribution in [0.2, 0.25) is 0 Å². The molecule has 0 amide bonds. The van der Waals surface area contributed by atoms with Crippen molar-refractivity contribution in [3.8, 4) is 0 Å². The normalized spacial score (nSPS) is 29.1. The predicted molar refractivity (Wildman–Crippen MR) is 33.2 cm³/mol. The summed E-state index contributed by atoms with van der Waals surface area (Å²) in [6, 6.07) is 0. The molecule has 0 aromatic heterocycles. The monoisotopic (exact) mass is 129 g/mol. The van der Waals surface area contributed by atoms with Crippen LogP contribution in [0.15, 0.2) is 0 Å². The summed E-state index contributed by atoms with van der Waals surface area (Å²) in [6.07, 6.45) is 0.943. The van der Waals surface area contributed by atoms with Crippen molar-refractivity contribution >= 4 is 6.29 Å². The van der Waals surface area contributed by atoms with Gasteiger partial charge in [0.05, 0.1) is 19.1 Å². The van der Waals surface area contributed by atoms with Crippen LogP contribution >= 0.6 is 0 Å². The first kappa shape index (κ1) is 6.71. The van der Waals surface area contributed by atoms with Crippen molar-refractivity contribution in [3.63, 3.8) is 0 Å². The summed E-state index contributed by atoms with van der Waals surface area (Å²) in [6.45, 7) is 2.94. The van der Waals surface area contributed by atoms with E-state index < -0.39 is 0 Å². The summed E-state index contributed by atoms with van der Waals surface area (Å²) < 4.78 is 5.10. The highest BCUT2D eigenvalue weighted by atomic mass is 16.5. The van der Waals surface area contributed by atoms with Gasteiger partial charge in [-0.3, -0.25) is 0 Å². The average molecular weight is 129 g/mol. The number of rotatable bonds is 1. The molecule has 1 N–H and O–H groups in total. The van der Waals surface area contributed by atoms with Crippen LogP contribution in [0, 0.1) is 5.92 Å². The van der Waals surface area contributed by atoms with E-state index in [0.29, 0.717) is 6.61 Å². The first-order valence-corrected chi connectivity index (χ1v) is 3.17. The van der Waals surface area contributed by atoms with Crippen LogP contribution in [-0.2, 0) is 9.53 Å². The van der Waals surface area contributed by atoms with Crippen LogP contribution in [0.25, 0.3) is 0 Å². The van der Waals surface area contributed by atoms with Crippen molar-refractivity contribution in [1.29, 1.82) is 0 Å². The summed E-state index contributed by atoms with van der Waals surface area (Å²) in [7, 11) is 0. The molecule has 1 aliphatic rings. The number of hydrogen-bond donors (Lipinski definition) is 1. The number of ether oxygens (including phenoxy) is 1. The highest BCUT2D eigenvalue weighted by Gasteiger charge is 2.09. The molecule has 1 rings (SSSR count). The van der Waals surface area contributed by atoms with E-state index in [2.05, 4.69) is 5.32 Å². The largest absolute Gasteiger partial charge is 0.379 e. The highest BCUT2D eigenvalue weighted by molar-refractivity contribution is 5.53. The molecule has 0 saturated carbocycles. The van der Waals surface area contributed by atoms with Crippen LogP contribution < -0.4 is 5.32 Å². The molecule has 0 bridgehead atoms. The van der Waals surface area contributed by atoms with Crippen molar-refractivity contribution in [1.82, 2.24) is 5.32 Å². The van der Waals surface area contributed by atoms with E-state index in [-0.39, 0.29) is 5.92 Å². The zero-order chi connectivity index (χ0) is 6.53. The number of nitrogens with one attached hydrogen (secondary N) is 1. The molecule has 0 aromatic carbocycles. The lowest BCUT2D eigenvalue weighted by Crippen LogP contribution is -2.23. The fraction of sp³-hybridized carbons (Fsp3) is 0.833. The quantitative estimate of drug-likeness (QED) is 0.481. The van der Waals surface area contributed by atoms with Crippen molar-refractivity contribution in [2.75, 3.05) is 26.3 Å². The molecule has 3 nitrogen and oxygen atoms in total. The average Bonchev–Trinajstić information content (AvgIpc) is 2.13. The molecule has 0 aromatic rings. The summed E-state index contributed by atoms with van der Waals surface area (Å²) >= 11 is 0. The molecule has 9 heavy (non-hydrogen) atoms. The lowest BCUT2D eigenvalue weighted by atomic mass is 10.2. The van der Waals surface area contributed by atoms with Crippen molar-refractivity contribution in [3.05, 3.63) is 0 Å². The second kappa shape index (κ2) is 3.58. The van der Waals surface area contributed by atoms with Crippen LogP contribution in [0.3, 0.4) is 0 Å². The third kappa shape index (κ3) is 2.11. The maximum Gasteiger partial charge on any atom is 0.126 e. The molecule has 1 saturated heterocycles. The van der Waals surface area contributed by atoms with Gasteiger partial charge in [0.25, 0.3) is 0 Å². The minimum Gasteiger partial charge on any atom is -0.379 e. The van der Waals surface area contributed by atoms with Crippen molar-refractivity contribution < 1.29 is 9.53 Å². The molecule has 0 spiro atoms. The van der Waals surface area contributed by atoms with Gasteiger partial charge in [-0.25, -0.2) is 0 Å². The molecule has 1 unspecified atom stereocenters. The van der Waals surface area contributed by atoms with E-state index in [1.165, 1.54) is 0 Å². The molecule has 52 valence electrons. The molecule has 3 heteroatoms. The Kier molecular flexibility index (Phi) is 2.67. The molecule has 1 aliphatic heterocycles. The van der Waals surface area contributed by atoms with Gasteiger partial charge in [0.15, 0.2) is 0 Å². The smallest absolute Gasteiger partial charge is 0.126 e. The van der Waals surface area contributed by atoms with Crippen molar-refractivity contribution in [2.24, 2.45) is 5.92 Å². The summed E-state index contributed by atoms with van der Waals surface area (Å²) in [5, 5.41) is 3.09. The van der Waals surface area contributed by atoms with Gasteiger partial charge in [-0.1, -0.05) is 0 Å². The van der Waals surface area contributed by atoms with E-state index in [1.807, 2.05) is 0 Å². The molecule has 0 aliphatic carbocycles. The Hall–Kier alpha value is -0.410. The van der Waals surface area contributed by atoms with E-state index in [4.69, 9.17) is 4.74 Å². The third-order valence-corrected chi connectivity index (χ3v) is 1.35. The zero-order valence-electron chi connectivity index (χ0n) is 5.30. The fourth-order valence-electron chi connectivity index (χ4n) is 0.813. The maximum absolute atomic E-state index is 10.2. The molecule has 1 fully saturated rings. The second-order valence-electron chi connectivity index (χ2n) is 2.18. The van der Waals surface area contributed by atoms with Crippen LogP contribution in [-0.4, -0.2) is 32.6 Å². The van der Waals surface area contributed by atoms with Gasteiger partial charge in [0.1, 0.15) is 6.29 Å². The molecule has 1 heterocycles. The number of aldehydes is 1. The van der Waals surface area contributed by atoms with Gasteiger partial charge < -0.3 is 14.8 Å². The molecule has 1 atom stereocenters. The summed E-state index contributed by atoms with van der Waals surface area (Å²) in [5.41, 5.74) is 0. The minimum absolute atomic E-state index is 0.0625. The topological polar surface area (TPSA) is 38.3 Å². The van der Waals surface area contributed by atoms with Gasteiger partial charge in [-0.05, 0) is 0 Å². The Morgan fingerprint density at radius 1 is 1.67 bits per heavy atom.